The molecule has 1 N–H and O–H groups in total. The predicted molar refractivity (Wildman–Crippen MR) is 103 cm³/mol. The Hall–Kier alpha value is -3.07. The lowest BCUT2D eigenvalue weighted by atomic mass is 9.78. The first-order valence-corrected chi connectivity index (χ1v) is 9.46. The first-order chi connectivity index (χ1) is 13.6. The maximum Gasteiger partial charge on any atom is 0.239 e. The Morgan fingerprint density at radius 1 is 1.29 bits per heavy atom. The number of aromatic nitrogens is 5. The van der Waals surface area contributed by atoms with Crippen molar-refractivity contribution in [3.63, 3.8) is 0 Å². The minimum atomic E-state index is -0.603. The Balaban J connectivity index is 1.56. The molecule has 5 heterocycles. The van der Waals surface area contributed by atoms with Crippen LogP contribution in [-0.2, 0) is 14.9 Å². The van der Waals surface area contributed by atoms with Crippen LogP contribution in [0.25, 0.3) is 5.65 Å². The highest BCUT2D eigenvalue weighted by atomic mass is 16.5. The second-order valence-corrected chi connectivity index (χ2v) is 7.23. The van der Waals surface area contributed by atoms with Gasteiger partial charge >= 0.3 is 0 Å². The van der Waals surface area contributed by atoms with E-state index in [1.165, 1.54) is 6.33 Å². The molecule has 0 radical (unpaired) electrons. The van der Waals surface area contributed by atoms with E-state index in [2.05, 4.69) is 20.4 Å². The van der Waals surface area contributed by atoms with Crippen LogP contribution in [0.1, 0.15) is 31.0 Å². The van der Waals surface area contributed by atoms with Crippen LogP contribution in [0.3, 0.4) is 0 Å². The standard InChI is InChI=1S/C19H21N7O2/c1-3-25-14-9-20-18(23-13-10-26-15(8-12(13)2)21-11-22-26)24-16(14)19(17(25)27)4-6-28-7-5-19/h8-11H,3-7H2,1-2H3,(H,20,23,24). The molecule has 28 heavy (non-hydrogen) atoms. The van der Waals surface area contributed by atoms with Gasteiger partial charge in [-0.15, -0.1) is 0 Å². The van der Waals surface area contributed by atoms with Crippen LogP contribution in [-0.4, -0.2) is 50.2 Å². The minimum absolute atomic E-state index is 0.111. The molecule has 0 atom stereocenters. The van der Waals surface area contributed by atoms with Crippen molar-refractivity contribution in [1.82, 2.24) is 24.6 Å². The van der Waals surface area contributed by atoms with Crippen molar-refractivity contribution in [1.29, 1.82) is 0 Å². The number of amides is 1. The molecule has 1 fully saturated rings. The molecule has 3 aromatic rings. The molecular weight excluding hydrogens is 358 g/mol. The third kappa shape index (κ3) is 2.39. The topological polar surface area (TPSA) is 97.5 Å². The number of likely N-dealkylation sites (N-methyl/N-ethyl adjacent to an activating group) is 1. The zero-order chi connectivity index (χ0) is 19.3. The van der Waals surface area contributed by atoms with Crippen LogP contribution in [0.15, 0.2) is 24.8 Å². The van der Waals surface area contributed by atoms with Gasteiger partial charge < -0.3 is 15.0 Å². The van der Waals surface area contributed by atoms with E-state index in [4.69, 9.17) is 9.72 Å². The number of ether oxygens (including phenoxy) is 1. The summed E-state index contributed by atoms with van der Waals surface area (Å²) in [7, 11) is 0. The molecule has 0 aliphatic carbocycles. The van der Waals surface area contributed by atoms with Crippen LogP contribution in [0.2, 0.25) is 0 Å². The van der Waals surface area contributed by atoms with Gasteiger partial charge in [-0.3, -0.25) is 4.79 Å². The quantitative estimate of drug-likeness (QED) is 0.743. The third-order valence-corrected chi connectivity index (χ3v) is 5.70. The molecule has 1 saturated heterocycles. The fourth-order valence-electron chi connectivity index (χ4n) is 4.15. The number of hydrogen-bond acceptors (Lipinski definition) is 7. The van der Waals surface area contributed by atoms with Crippen molar-refractivity contribution in [2.45, 2.75) is 32.1 Å². The van der Waals surface area contributed by atoms with E-state index in [0.29, 0.717) is 38.5 Å². The lowest BCUT2D eigenvalue weighted by molar-refractivity contribution is -0.126. The molecule has 0 aromatic carbocycles. The zero-order valence-electron chi connectivity index (χ0n) is 15.8. The number of nitrogens with one attached hydrogen (secondary N) is 1. The Morgan fingerprint density at radius 3 is 2.89 bits per heavy atom. The molecular formula is C19H21N7O2. The molecule has 5 rings (SSSR count). The number of nitrogens with zero attached hydrogens (tertiary/aromatic N) is 6. The monoisotopic (exact) mass is 379 g/mol. The number of anilines is 3. The Kier molecular flexibility index (Phi) is 3.80. The van der Waals surface area contributed by atoms with E-state index in [0.717, 1.165) is 28.3 Å². The van der Waals surface area contributed by atoms with Crippen LogP contribution >= 0.6 is 0 Å². The number of fused-ring (bicyclic) bond motifs is 3. The van der Waals surface area contributed by atoms with Gasteiger partial charge in [-0.25, -0.2) is 19.5 Å². The summed E-state index contributed by atoms with van der Waals surface area (Å²) >= 11 is 0. The lowest BCUT2D eigenvalue weighted by Crippen LogP contribution is -2.44. The number of carbonyl (C=O) groups is 1. The SMILES string of the molecule is CCN1C(=O)C2(CCOCC2)c2nc(Nc3cn4ncnc4cc3C)ncc21. The first-order valence-electron chi connectivity index (χ1n) is 9.46. The van der Waals surface area contributed by atoms with Crippen LogP contribution in [0.4, 0.5) is 17.3 Å². The average molecular weight is 379 g/mol. The van der Waals surface area contributed by atoms with Crippen molar-refractivity contribution >= 4 is 28.9 Å². The van der Waals surface area contributed by atoms with Gasteiger partial charge in [-0.1, -0.05) is 0 Å². The fraction of sp³-hybridized carbons (Fsp3) is 0.421. The van der Waals surface area contributed by atoms with Gasteiger partial charge in [0.05, 0.1) is 34.9 Å². The smallest absolute Gasteiger partial charge is 0.239 e. The highest BCUT2D eigenvalue weighted by Crippen LogP contribution is 2.46. The summed E-state index contributed by atoms with van der Waals surface area (Å²) in [6, 6.07) is 1.95. The Morgan fingerprint density at radius 2 is 2.11 bits per heavy atom. The molecule has 2 aliphatic heterocycles. The van der Waals surface area contributed by atoms with E-state index in [9.17, 15) is 4.79 Å². The lowest BCUT2D eigenvalue weighted by Gasteiger charge is -2.31. The van der Waals surface area contributed by atoms with Gasteiger partial charge in [0.2, 0.25) is 11.9 Å². The van der Waals surface area contributed by atoms with Crippen LogP contribution < -0.4 is 10.2 Å². The summed E-state index contributed by atoms with van der Waals surface area (Å²) in [5, 5.41) is 7.46. The summed E-state index contributed by atoms with van der Waals surface area (Å²) < 4.78 is 7.22. The number of pyridine rings is 1. The largest absolute Gasteiger partial charge is 0.381 e. The molecule has 9 nitrogen and oxygen atoms in total. The second kappa shape index (κ2) is 6.23. The molecule has 1 amide bonds. The maximum absolute atomic E-state index is 13.2. The van der Waals surface area contributed by atoms with E-state index in [1.807, 2.05) is 26.1 Å². The Labute approximate surface area is 161 Å². The minimum Gasteiger partial charge on any atom is -0.381 e. The van der Waals surface area contributed by atoms with Crippen molar-refractivity contribution in [3.05, 3.63) is 36.0 Å². The summed E-state index contributed by atoms with van der Waals surface area (Å²) in [6.07, 6.45) is 6.43. The number of carbonyl (C=O) groups excluding carboxylic acids is 1. The summed E-state index contributed by atoms with van der Waals surface area (Å²) in [5.74, 6) is 0.581. The fourth-order valence-corrected chi connectivity index (χ4v) is 4.15. The van der Waals surface area contributed by atoms with Gasteiger partial charge in [0.1, 0.15) is 6.33 Å². The number of aryl methyl sites for hydroxylation is 1. The molecule has 3 aromatic heterocycles. The normalized spacial score (nSPS) is 18.1. The molecule has 0 saturated carbocycles. The molecule has 2 aliphatic rings. The van der Waals surface area contributed by atoms with Gasteiger partial charge in [0.25, 0.3) is 0 Å². The zero-order valence-corrected chi connectivity index (χ0v) is 15.8. The number of hydrogen-bond donors (Lipinski definition) is 1. The molecule has 9 heteroatoms. The van der Waals surface area contributed by atoms with E-state index in [1.54, 1.807) is 15.6 Å². The van der Waals surface area contributed by atoms with Crippen LogP contribution in [0, 0.1) is 6.92 Å². The molecule has 0 unspecified atom stereocenters. The molecule has 144 valence electrons. The van der Waals surface area contributed by atoms with Gasteiger partial charge in [0, 0.05) is 19.8 Å². The van der Waals surface area contributed by atoms with Crippen molar-refractivity contribution in [2.24, 2.45) is 0 Å². The maximum atomic E-state index is 13.2. The second-order valence-electron chi connectivity index (χ2n) is 7.23. The van der Waals surface area contributed by atoms with E-state index >= 15 is 0 Å². The van der Waals surface area contributed by atoms with Crippen molar-refractivity contribution < 1.29 is 9.53 Å². The van der Waals surface area contributed by atoms with Gasteiger partial charge in [-0.05, 0) is 38.3 Å². The summed E-state index contributed by atoms with van der Waals surface area (Å²) in [4.78, 5) is 28.4. The van der Waals surface area contributed by atoms with Crippen molar-refractivity contribution in [3.8, 4) is 0 Å². The summed E-state index contributed by atoms with van der Waals surface area (Å²) in [5.41, 5.74) is 3.65. The highest BCUT2D eigenvalue weighted by Gasteiger charge is 2.52. The number of rotatable bonds is 3. The first kappa shape index (κ1) is 17.1. The van der Waals surface area contributed by atoms with E-state index < -0.39 is 5.41 Å². The predicted octanol–water partition coefficient (Wildman–Crippen LogP) is 1.99. The van der Waals surface area contributed by atoms with E-state index in [-0.39, 0.29) is 5.91 Å². The van der Waals surface area contributed by atoms with Gasteiger partial charge in [0.15, 0.2) is 5.65 Å². The molecule has 1 spiro atoms. The third-order valence-electron chi connectivity index (χ3n) is 5.70. The average Bonchev–Trinajstić information content (AvgIpc) is 3.24. The van der Waals surface area contributed by atoms with Gasteiger partial charge in [-0.2, -0.15) is 5.10 Å². The van der Waals surface area contributed by atoms with Crippen LogP contribution in [0.5, 0.6) is 0 Å². The molecule has 0 bridgehead atoms. The summed E-state index contributed by atoms with van der Waals surface area (Å²) in [6.45, 7) is 5.71. The highest BCUT2D eigenvalue weighted by molar-refractivity contribution is 6.07. The van der Waals surface area contributed by atoms with Crippen molar-refractivity contribution in [2.75, 3.05) is 30.0 Å². The Bertz CT molecular complexity index is 1070.